The molecular weight excluding hydrogens is 248 g/mol. The van der Waals surface area contributed by atoms with Crippen LogP contribution in [-0.2, 0) is 12.8 Å². The lowest BCUT2D eigenvalue weighted by atomic mass is 9.89. The summed E-state index contributed by atoms with van der Waals surface area (Å²) in [4.78, 5) is 12.2. The standard InChI is InChI=1S/C16H24N4/c1-20-11-6-7-12(20)9-10(8-11)16-18-14-5-3-2-4-13(14)15(17)19-16/h10-12H,2-9H2,1H3,(H2,17,18,19). The second kappa shape index (κ2) is 4.69. The Balaban J connectivity index is 1.64. The average Bonchev–Trinajstić information content (AvgIpc) is 2.68. The number of nitrogens with zero attached hydrogens (tertiary/aromatic N) is 3. The van der Waals surface area contributed by atoms with E-state index in [-0.39, 0.29) is 0 Å². The van der Waals surface area contributed by atoms with Gasteiger partial charge in [0.2, 0.25) is 0 Å². The van der Waals surface area contributed by atoms with Crippen LogP contribution in [0.4, 0.5) is 5.82 Å². The highest BCUT2D eigenvalue weighted by atomic mass is 15.2. The van der Waals surface area contributed by atoms with Crippen molar-refractivity contribution in [2.75, 3.05) is 12.8 Å². The number of aromatic nitrogens is 2. The number of nitrogen functional groups attached to an aromatic ring is 1. The smallest absolute Gasteiger partial charge is 0.134 e. The quantitative estimate of drug-likeness (QED) is 0.852. The summed E-state index contributed by atoms with van der Waals surface area (Å²) in [5.41, 5.74) is 8.67. The van der Waals surface area contributed by atoms with Gasteiger partial charge >= 0.3 is 0 Å². The van der Waals surface area contributed by atoms with E-state index in [4.69, 9.17) is 10.7 Å². The molecule has 1 aliphatic carbocycles. The van der Waals surface area contributed by atoms with Gasteiger partial charge in [-0.2, -0.15) is 0 Å². The van der Waals surface area contributed by atoms with Gasteiger partial charge in [0, 0.05) is 29.3 Å². The van der Waals surface area contributed by atoms with Gasteiger partial charge in [0.15, 0.2) is 0 Å². The zero-order chi connectivity index (χ0) is 13.7. The molecule has 2 bridgehead atoms. The highest BCUT2D eigenvalue weighted by Crippen LogP contribution is 2.41. The second-order valence-electron chi connectivity index (χ2n) is 6.82. The zero-order valence-corrected chi connectivity index (χ0v) is 12.3. The van der Waals surface area contributed by atoms with Gasteiger partial charge in [-0.1, -0.05) is 0 Å². The minimum Gasteiger partial charge on any atom is -0.383 e. The maximum atomic E-state index is 6.20. The highest BCUT2D eigenvalue weighted by Gasteiger charge is 2.40. The van der Waals surface area contributed by atoms with Crippen molar-refractivity contribution in [1.29, 1.82) is 0 Å². The van der Waals surface area contributed by atoms with Crippen LogP contribution < -0.4 is 5.73 Å². The van der Waals surface area contributed by atoms with Crippen molar-refractivity contribution in [2.45, 2.75) is 69.4 Å². The normalized spacial score (nSPS) is 33.1. The summed E-state index contributed by atoms with van der Waals surface area (Å²) >= 11 is 0. The lowest BCUT2D eigenvalue weighted by molar-refractivity contribution is 0.159. The third-order valence-electron chi connectivity index (χ3n) is 5.70. The SMILES string of the molecule is CN1C2CCC1CC(c1nc(N)c3c(n1)CCCC3)C2. The van der Waals surface area contributed by atoms with Crippen LogP contribution >= 0.6 is 0 Å². The van der Waals surface area contributed by atoms with Crippen molar-refractivity contribution in [3.8, 4) is 0 Å². The molecule has 20 heavy (non-hydrogen) atoms. The molecule has 2 unspecified atom stereocenters. The fourth-order valence-corrected chi connectivity index (χ4v) is 4.45. The van der Waals surface area contributed by atoms with Crippen LogP contribution in [0.2, 0.25) is 0 Å². The first-order valence-corrected chi connectivity index (χ1v) is 8.09. The first-order valence-electron chi connectivity index (χ1n) is 8.09. The fraction of sp³-hybridized carbons (Fsp3) is 0.750. The molecule has 0 amide bonds. The van der Waals surface area contributed by atoms with Gasteiger partial charge in [-0.25, -0.2) is 9.97 Å². The number of aryl methyl sites for hydroxylation is 1. The molecule has 2 saturated heterocycles. The van der Waals surface area contributed by atoms with Crippen LogP contribution in [0.1, 0.15) is 61.5 Å². The number of rotatable bonds is 1. The van der Waals surface area contributed by atoms with Crippen LogP contribution in [0.15, 0.2) is 0 Å². The summed E-state index contributed by atoms with van der Waals surface area (Å²) in [6.07, 6.45) is 9.76. The molecule has 2 aliphatic heterocycles. The van der Waals surface area contributed by atoms with Crippen molar-refractivity contribution >= 4 is 5.82 Å². The maximum absolute atomic E-state index is 6.20. The van der Waals surface area contributed by atoms with Crippen molar-refractivity contribution in [1.82, 2.24) is 14.9 Å². The molecule has 4 rings (SSSR count). The molecule has 2 atom stereocenters. The molecule has 3 heterocycles. The van der Waals surface area contributed by atoms with E-state index in [1.807, 2.05) is 0 Å². The van der Waals surface area contributed by atoms with E-state index < -0.39 is 0 Å². The third kappa shape index (κ3) is 1.93. The number of hydrogen-bond acceptors (Lipinski definition) is 4. The van der Waals surface area contributed by atoms with Gasteiger partial charge in [0.05, 0.1) is 0 Å². The zero-order valence-electron chi connectivity index (χ0n) is 12.3. The summed E-state index contributed by atoms with van der Waals surface area (Å²) in [6.45, 7) is 0. The molecule has 2 N–H and O–H groups in total. The Labute approximate surface area is 120 Å². The predicted molar refractivity (Wildman–Crippen MR) is 79.6 cm³/mol. The Morgan fingerprint density at radius 3 is 2.50 bits per heavy atom. The number of fused-ring (bicyclic) bond motifs is 3. The van der Waals surface area contributed by atoms with Crippen molar-refractivity contribution in [3.05, 3.63) is 17.1 Å². The molecule has 0 radical (unpaired) electrons. The molecular formula is C16H24N4. The van der Waals surface area contributed by atoms with E-state index in [0.29, 0.717) is 5.92 Å². The first-order chi connectivity index (χ1) is 9.72. The Morgan fingerprint density at radius 2 is 1.75 bits per heavy atom. The molecule has 4 nitrogen and oxygen atoms in total. The molecule has 0 spiro atoms. The number of piperidine rings is 1. The van der Waals surface area contributed by atoms with E-state index >= 15 is 0 Å². The molecule has 1 aromatic rings. The molecule has 0 saturated carbocycles. The molecule has 3 aliphatic rings. The highest BCUT2D eigenvalue weighted by molar-refractivity contribution is 5.44. The number of anilines is 1. The molecule has 108 valence electrons. The van der Waals surface area contributed by atoms with E-state index in [2.05, 4.69) is 16.9 Å². The van der Waals surface area contributed by atoms with Gasteiger partial charge in [-0.05, 0) is 58.4 Å². The van der Waals surface area contributed by atoms with Gasteiger partial charge in [-0.15, -0.1) is 0 Å². The summed E-state index contributed by atoms with van der Waals surface area (Å²) < 4.78 is 0. The van der Waals surface area contributed by atoms with Crippen molar-refractivity contribution in [3.63, 3.8) is 0 Å². The van der Waals surface area contributed by atoms with Crippen molar-refractivity contribution < 1.29 is 0 Å². The molecule has 2 fully saturated rings. The number of nitrogens with two attached hydrogens (primary N) is 1. The van der Waals surface area contributed by atoms with Crippen LogP contribution in [0, 0.1) is 0 Å². The van der Waals surface area contributed by atoms with Gasteiger partial charge in [-0.3, -0.25) is 0 Å². The van der Waals surface area contributed by atoms with Crippen LogP contribution in [0.3, 0.4) is 0 Å². The predicted octanol–water partition coefficient (Wildman–Crippen LogP) is 2.28. The minimum absolute atomic E-state index is 0.526. The van der Waals surface area contributed by atoms with Crippen LogP contribution in [0.25, 0.3) is 0 Å². The lowest BCUT2D eigenvalue weighted by Gasteiger charge is -2.36. The van der Waals surface area contributed by atoms with E-state index in [1.165, 1.54) is 49.8 Å². The van der Waals surface area contributed by atoms with E-state index in [1.54, 1.807) is 0 Å². The minimum atomic E-state index is 0.526. The third-order valence-corrected chi connectivity index (χ3v) is 5.70. The Hall–Kier alpha value is -1.16. The Kier molecular flexibility index (Phi) is 2.95. The van der Waals surface area contributed by atoms with Gasteiger partial charge in [0.25, 0.3) is 0 Å². The van der Waals surface area contributed by atoms with Crippen LogP contribution in [0.5, 0.6) is 0 Å². The maximum Gasteiger partial charge on any atom is 0.134 e. The Bertz CT molecular complexity index is 513. The van der Waals surface area contributed by atoms with Gasteiger partial charge < -0.3 is 10.6 Å². The molecule has 4 heteroatoms. The Morgan fingerprint density at radius 1 is 1.05 bits per heavy atom. The monoisotopic (exact) mass is 272 g/mol. The average molecular weight is 272 g/mol. The lowest BCUT2D eigenvalue weighted by Crippen LogP contribution is -2.39. The van der Waals surface area contributed by atoms with E-state index in [0.717, 1.165) is 36.6 Å². The summed E-state index contributed by atoms with van der Waals surface area (Å²) in [7, 11) is 2.28. The van der Waals surface area contributed by atoms with E-state index in [9.17, 15) is 0 Å². The summed E-state index contributed by atoms with van der Waals surface area (Å²) in [5.74, 6) is 2.32. The largest absolute Gasteiger partial charge is 0.383 e. The number of hydrogen-bond donors (Lipinski definition) is 1. The summed E-state index contributed by atoms with van der Waals surface area (Å²) in [6, 6.07) is 1.47. The molecule has 0 aromatic carbocycles. The van der Waals surface area contributed by atoms with Crippen molar-refractivity contribution in [2.24, 2.45) is 0 Å². The first kappa shape index (κ1) is 12.6. The summed E-state index contributed by atoms with van der Waals surface area (Å²) in [5, 5.41) is 0. The topological polar surface area (TPSA) is 55.0 Å². The fourth-order valence-electron chi connectivity index (χ4n) is 4.45. The van der Waals surface area contributed by atoms with Gasteiger partial charge in [0.1, 0.15) is 11.6 Å². The second-order valence-corrected chi connectivity index (χ2v) is 6.82. The van der Waals surface area contributed by atoms with Crippen LogP contribution in [-0.4, -0.2) is 34.0 Å². The molecule has 1 aromatic heterocycles.